The van der Waals surface area contributed by atoms with Crippen LogP contribution >= 0.6 is 11.6 Å². The summed E-state index contributed by atoms with van der Waals surface area (Å²) in [5.41, 5.74) is 3.64. The van der Waals surface area contributed by atoms with Gasteiger partial charge in [-0.15, -0.1) is 0 Å². The largest absolute Gasteiger partial charge is 0.467 e. The average molecular weight is 494 g/mol. The van der Waals surface area contributed by atoms with Gasteiger partial charge in [-0.05, 0) is 48.6 Å². The first-order valence-corrected chi connectivity index (χ1v) is 12.5. The number of carbonyl (C=O) groups excluding carboxylic acids is 3. The number of hydrogen-bond donors (Lipinski definition) is 1. The van der Waals surface area contributed by atoms with E-state index in [1.54, 1.807) is 29.3 Å². The Kier molecular flexibility index (Phi) is 6.36. The Bertz CT molecular complexity index is 1220. The van der Waals surface area contributed by atoms with Crippen molar-refractivity contribution in [2.24, 2.45) is 5.41 Å². The molecule has 7 nitrogen and oxygen atoms in total. The van der Waals surface area contributed by atoms with Crippen LogP contribution in [-0.4, -0.2) is 42.3 Å². The highest BCUT2D eigenvalue weighted by Crippen LogP contribution is 2.48. The number of esters is 1. The van der Waals surface area contributed by atoms with Crippen molar-refractivity contribution in [3.63, 3.8) is 0 Å². The minimum Gasteiger partial charge on any atom is -0.467 e. The number of halogens is 1. The molecular weight excluding hydrogens is 466 g/mol. The number of anilines is 1. The van der Waals surface area contributed by atoms with Gasteiger partial charge in [-0.3, -0.25) is 9.59 Å². The van der Waals surface area contributed by atoms with E-state index >= 15 is 0 Å². The molecule has 1 spiro atoms. The molecule has 1 unspecified atom stereocenters. The standard InChI is InChI=1S/C27H28ClN3O4/c1-35-26(34)20(30-22-16-23(32)27(22)10-3-2-4-11-27)15-17-7-8-21-18(14-17)9-13-31(21)25(33)19-6-5-12-29-24(19)28/h5-8,12,14,16,20,30H,2-4,9-11,13,15H2,1H3. The van der Waals surface area contributed by atoms with Crippen LogP contribution in [0.1, 0.15) is 53.6 Å². The zero-order chi connectivity index (χ0) is 24.6. The van der Waals surface area contributed by atoms with Crippen LogP contribution < -0.4 is 10.2 Å². The number of methoxy groups -OCH3 is 1. The molecule has 0 saturated heterocycles. The molecule has 1 aromatic heterocycles. The first kappa shape index (κ1) is 23.5. The summed E-state index contributed by atoms with van der Waals surface area (Å²) in [6, 6.07) is 8.68. The van der Waals surface area contributed by atoms with E-state index in [1.807, 2.05) is 18.2 Å². The molecule has 1 fully saturated rings. The van der Waals surface area contributed by atoms with Gasteiger partial charge in [-0.2, -0.15) is 0 Å². The Morgan fingerprint density at radius 1 is 1.23 bits per heavy atom. The first-order valence-electron chi connectivity index (χ1n) is 12.1. The number of nitrogens with one attached hydrogen (secondary N) is 1. The molecule has 2 aromatic rings. The third kappa shape index (κ3) is 4.22. The minimum absolute atomic E-state index is 0.166. The summed E-state index contributed by atoms with van der Waals surface area (Å²) in [5.74, 6) is -0.373. The second kappa shape index (κ2) is 9.46. The van der Waals surface area contributed by atoms with Gasteiger partial charge < -0.3 is 15.0 Å². The summed E-state index contributed by atoms with van der Waals surface area (Å²) in [7, 11) is 1.38. The summed E-state index contributed by atoms with van der Waals surface area (Å²) in [4.78, 5) is 43.9. The number of rotatable bonds is 6. The van der Waals surface area contributed by atoms with Gasteiger partial charge in [0.1, 0.15) is 11.2 Å². The lowest BCUT2D eigenvalue weighted by Crippen LogP contribution is -2.52. The number of ketones is 1. The van der Waals surface area contributed by atoms with E-state index in [9.17, 15) is 14.4 Å². The van der Waals surface area contributed by atoms with Crippen LogP contribution in [0, 0.1) is 5.41 Å². The van der Waals surface area contributed by atoms with Crippen LogP contribution in [0.3, 0.4) is 0 Å². The number of pyridine rings is 1. The summed E-state index contributed by atoms with van der Waals surface area (Å²) in [6.45, 7) is 0.555. The maximum Gasteiger partial charge on any atom is 0.328 e. The van der Waals surface area contributed by atoms with Gasteiger partial charge in [0.05, 0.1) is 18.1 Å². The third-order valence-corrected chi connectivity index (χ3v) is 7.80. The number of allylic oxidation sites excluding steroid dienone is 2. The van der Waals surface area contributed by atoms with Crippen molar-refractivity contribution < 1.29 is 19.1 Å². The van der Waals surface area contributed by atoms with E-state index in [1.165, 1.54) is 7.11 Å². The SMILES string of the molecule is COC(=O)C(Cc1ccc2c(c1)CCN2C(=O)c1cccnc1Cl)NC1=CC(=O)C12CCCCC2. The number of nitrogens with zero attached hydrogens (tertiary/aromatic N) is 2. The van der Waals surface area contributed by atoms with Crippen molar-refractivity contribution in [2.45, 2.75) is 51.0 Å². The maximum atomic E-state index is 13.1. The molecule has 0 bridgehead atoms. The number of carbonyl (C=O) groups is 3. The highest BCUT2D eigenvalue weighted by molar-refractivity contribution is 6.33. The molecule has 1 aromatic carbocycles. The molecule has 3 aliphatic rings. The quantitative estimate of drug-likeness (QED) is 0.483. The fraction of sp³-hybridized carbons (Fsp3) is 0.407. The molecule has 1 aliphatic heterocycles. The van der Waals surface area contributed by atoms with Gasteiger partial charge in [0.25, 0.3) is 5.91 Å². The number of ether oxygens (including phenoxy) is 1. The van der Waals surface area contributed by atoms with Crippen molar-refractivity contribution in [1.82, 2.24) is 10.3 Å². The number of fused-ring (bicyclic) bond motifs is 1. The second-order valence-corrected chi connectivity index (χ2v) is 9.86. The van der Waals surface area contributed by atoms with Crippen LogP contribution in [0.5, 0.6) is 0 Å². The summed E-state index contributed by atoms with van der Waals surface area (Å²) in [5, 5.41) is 3.53. The average Bonchev–Trinajstić information content (AvgIpc) is 3.31. The Morgan fingerprint density at radius 3 is 2.74 bits per heavy atom. The van der Waals surface area contributed by atoms with E-state index < -0.39 is 11.5 Å². The van der Waals surface area contributed by atoms with Gasteiger partial charge in [-0.25, -0.2) is 9.78 Å². The van der Waals surface area contributed by atoms with Crippen molar-refractivity contribution in [1.29, 1.82) is 0 Å². The Balaban J connectivity index is 1.33. The van der Waals surface area contributed by atoms with E-state index in [-0.39, 0.29) is 22.8 Å². The second-order valence-electron chi connectivity index (χ2n) is 9.50. The molecule has 1 atom stereocenters. The lowest BCUT2D eigenvalue weighted by atomic mass is 9.62. The molecule has 5 rings (SSSR count). The molecule has 0 radical (unpaired) electrons. The summed E-state index contributed by atoms with van der Waals surface area (Å²) in [6.07, 6.45) is 9.19. The molecule has 2 aliphatic carbocycles. The fourth-order valence-corrected chi connectivity index (χ4v) is 5.76. The van der Waals surface area contributed by atoms with Crippen LogP contribution in [0.2, 0.25) is 5.15 Å². The Labute approximate surface area is 209 Å². The predicted octanol–water partition coefficient (Wildman–Crippen LogP) is 4.03. The maximum absolute atomic E-state index is 13.1. The smallest absolute Gasteiger partial charge is 0.328 e. The molecule has 35 heavy (non-hydrogen) atoms. The van der Waals surface area contributed by atoms with Crippen LogP contribution in [0.25, 0.3) is 0 Å². The van der Waals surface area contributed by atoms with Gasteiger partial charge in [-0.1, -0.05) is 43.0 Å². The topological polar surface area (TPSA) is 88.6 Å². The fourth-order valence-electron chi connectivity index (χ4n) is 5.56. The molecule has 182 valence electrons. The molecule has 1 saturated carbocycles. The van der Waals surface area contributed by atoms with Gasteiger partial charge in [0.15, 0.2) is 5.78 Å². The first-order chi connectivity index (χ1) is 16.9. The molecule has 2 heterocycles. The van der Waals surface area contributed by atoms with Crippen LogP contribution in [0.4, 0.5) is 5.69 Å². The normalized spacial score (nSPS) is 19.0. The highest BCUT2D eigenvalue weighted by Gasteiger charge is 2.49. The number of aromatic nitrogens is 1. The molecular formula is C27H28ClN3O4. The molecule has 8 heteroatoms. The Morgan fingerprint density at radius 2 is 2.03 bits per heavy atom. The van der Waals surface area contributed by atoms with Crippen molar-refractivity contribution in [3.8, 4) is 0 Å². The van der Waals surface area contributed by atoms with Crippen LogP contribution in [-0.2, 0) is 27.2 Å². The molecule has 1 N–H and O–H groups in total. The van der Waals surface area contributed by atoms with E-state index in [2.05, 4.69) is 10.3 Å². The van der Waals surface area contributed by atoms with Crippen LogP contribution in [0.15, 0.2) is 48.3 Å². The predicted molar refractivity (Wildman–Crippen MR) is 132 cm³/mol. The summed E-state index contributed by atoms with van der Waals surface area (Å²) < 4.78 is 5.07. The monoisotopic (exact) mass is 493 g/mol. The lowest BCUT2D eigenvalue weighted by molar-refractivity contribution is -0.143. The van der Waals surface area contributed by atoms with E-state index in [0.29, 0.717) is 24.9 Å². The van der Waals surface area contributed by atoms with Crippen molar-refractivity contribution >= 4 is 34.9 Å². The zero-order valence-electron chi connectivity index (χ0n) is 19.7. The number of benzene rings is 1. The molecule has 1 amide bonds. The summed E-state index contributed by atoms with van der Waals surface area (Å²) >= 11 is 6.14. The van der Waals surface area contributed by atoms with Gasteiger partial charge in [0, 0.05) is 36.6 Å². The third-order valence-electron chi connectivity index (χ3n) is 7.50. The lowest BCUT2D eigenvalue weighted by Gasteiger charge is -2.44. The Hall–Kier alpha value is -3.19. The zero-order valence-corrected chi connectivity index (χ0v) is 20.4. The van der Waals surface area contributed by atoms with E-state index in [4.69, 9.17) is 16.3 Å². The van der Waals surface area contributed by atoms with Gasteiger partial charge in [0.2, 0.25) is 0 Å². The van der Waals surface area contributed by atoms with Gasteiger partial charge >= 0.3 is 5.97 Å². The van der Waals surface area contributed by atoms with Crippen molar-refractivity contribution in [2.75, 3.05) is 18.6 Å². The number of hydrogen-bond acceptors (Lipinski definition) is 6. The highest BCUT2D eigenvalue weighted by atomic mass is 35.5. The number of amides is 1. The minimum atomic E-state index is -0.593. The van der Waals surface area contributed by atoms with Crippen molar-refractivity contribution in [3.05, 3.63) is 70.1 Å². The van der Waals surface area contributed by atoms with E-state index in [0.717, 1.165) is 54.6 Å².